The van der Waals surface area contributed by atoms with Crippen LogP contribution in [0.1, 0.15) is 12.8 Å². The lowest BCUT2D eigenvalue weighted by molar-refractivity contribution is 0.00645. The van der Waals surface area contributed by atoms with Gasteiger partial charge in [0.25, 0.3) is 0 Å². The third-order valence-corrected chi connectivity index (χ3v) is 3.40. The lowest BCUT2D eigenvalue weighted by atomic mass is 10.1. The first-order valence-electron chi connectivity index (χ1n) is 6.91. The molecule has 6 heteroatoms. The van der Waals surface area contributed by atoms with Gasteiger partial charge in [0.15, 0.2) is 11.5 Å². The number of nitrogen functional groups attached to an aromatic ring is 1. The molecule has 0 amide bonds. The van der Waals surface area contributed by atoms with E-state index in [1.54, 1.807) is 13.2 Å². The first kappa shape index (κ1) is 13.8. The summed E-state index contributed by atoms with van der Waals surface area (Å²) in [5, 5.41) is 3.89. The molecule has 2 aromatic rings. The SMILES string of the molecule is COc1cc(-c2cc(N)on2)ccc1OC1CCCOC1. The summed E-state index contributed by atoms with van der Waals surface area (Å²) >= 11 is 0. The number of ether oxygens (including phenoxy) is 3. The van der Waals surface area contributed by atoms with Crippen molar-refractivity contribution >= 4 is 5.88 Å². The number of hydrogen-bond donors (Lipinski definition) is 1. The number of anilines is 1. The molecule has 6 nitrogen and oxygen atoms in total. The van der Waals surface area contributed by atoms with Crippen LogP contribution in [0.5, 0.6) is 11.5 Å². The van der Waals surface area contributed by atoms with Crippen molar-refractivity contribution in [2.24, 2.45) is 0 Å². The van der Waals surface area contributed by atoms with Gasteiger partial charge in [0.05, 0.1) is 13.7 Å². The summed E-state index contributed by atoms with van der Waals surface area (Å²) in [5.41, 5.74) is 7.07. The average Bonchev–Trinajstić information content (AvgIpc) is 2.95. The molecule has 2 N–H and O–H groups in total. The fraction of sp³-hybridized carbons (Fsp3) is 0.400. The number of hydrogen-bond acceptors (Lipinski definition) is 6. The minimum atomic E-state index is 0.0706. The number of nitrogens with two attached hydrogens (primary N) is 1. The summed E-state index contributed by atoms with van der Waals surface area (Å²) in [6, 6.07) is 7.30. The molecular formula is C15H18N2O4. The Kier molecular flexibility index (Phi) is 3.96. The predicted molar refractivity (Wildman–Crippen MR) is 77.4 cm³/mol. The molecule has 0 spiro atoms. The molecule has 1 fully saturated rings. The third-order valence-electron chi connectivity index (χ3n) is 3.40. The van der Waals surface area contributed by atoms with Crippen molar-refractivity contribution in [3.63, 3.8) is 0 Å². The van der Waals surface area contributed by atoms with Crippen LogP contribution in [0, 0.1) is 0 Å². The van der Waals surface area contributed by atoms with Gasteiger partial charge in [0, 0.05) is 18.2 Å². The van der Waals surface area contributed by atoms with E-state index in [0.717, 1.165) is 25.0 Å². The lowest BCUT2D eigenvalue weighted by Crippen LogP contribution is -2.28. The molecule has 1 aliphatic rings. The van der Waals surface area contributed by atoms with Crippen molar-refractivity contribution < 1.29 is 18.7 Å². The van der Waals surface area contributed by atoms with Crippen molar-refractivity contribution in [2.75, 3.05) is 26.1 Å². The molecule has 1 saturated heterocycles. The Balaban J connectivity index is 1.81. The molecule has 0 radical (unpaired) electrons. The Bertz CT molecular complexity index is 605. The molecule has 1 atom stereocenters. The van der Waals surface area contributed by atoms with Crippen molar-refractivity contribution in [2.45, 2.75) is 18.9 Å². The van der Waals surface area contributed by atoms with E-state index in [9.17, 15) is 0 Å². The fourth-order valence-corrected chi connectivity index (χ4v) is 2.33. The minimum absolute atomic E-state index is 0.0706. The van der Waals surface area contributed by atoms with Crippen LogP contribution in [0.3, 0.4) is 0 Å². The number of rotatable bonds is 4. The van der Waals surface area contributed by atoms with Gasteiger partial charge in [-0.25, -0.2) is 0 Å². The van der Waals surface area contributed by atoms with Gasteiger partial charge in [-0.2, -0.15) is 0 Å². The largest absolute Gasteiger partial charge is 0.493 e. The highest BCUT2D eigenvalue weighted by Gasteiger charge is 2.18. The Morgan fingerprint density at radius 1 is 1.29 bits per heavy atom. The van der Waals surface area contributed by atoms with E-state index in [4.69, 9.17) is 24.5 Å². The highest BCUT2D eigenvalue weighted by atomic mass is 16.5. The van der Waals surface area contributed by atoms with E-state index >= 15 is 0 Å². The van der Waals surface area contributed by atoms with E-state index in [2.05, 4.69) is 5.16 Å². The zero-order chi connectivity index (χ0) is 14.7. The molecule has 1 unspecified atom stereocenters. The quantitative estimate of drug-likeness (QED) is 0.932. The van der Waals surface area contributed by atoms with Crippen molar-refractivity contribution in [3.8, 4) is 22.8 Å². The van der Waals surface area contributed by atoms with Crippen LogP contribution in [-0.4, -0.2) is 31.6 Å². The molecule has 21 heavy (non-hydrogen) atoms. The average molecular weight is 290 g/mol. The van der Waals surface area contributed by atoms with Crippen LogP contribution in [0.4, 0.5) is 5.88 Å². The van der Waals surface area contributed by atoms with E-state index < -0.39 is 0 Å². The normalized spacial score (nSPS) is 18.4. The second-order valence-electron chi connectivity index (χ2n) is 4.94. The molecule has 1 aromatic carbocycles. The van der Waals surface area contributed by atoms with Gasteiger partial charge in [-0.05, 0) is 31.0 Å². The summed E-state index contributed by atoms with van der Waals surface area (Å²) in [6.45, 7) is 1.42. The van der Waals surface area contributed by atoms with E-state index in [1.807, 2.05) is 18.2 Å². The number of benzene rings is 1. The maximum atomic E-state index is 5.95. The molecule has 0 aliphatic carbocycles. The highest BCUT2D eigenvalue weighted by Crippen LogP contribution is 2.33. The molecule has 2 heterocycles. The Morgan fingerprint density at radius 2 is 2.19 bits per heavy atom. The Hall–Kier alpha value is -2.21. The molecular weight excluding hydrogens is 272 g/mol. The monoisotopic (exact) mass is 290 g/mol. The van der Waals surface area contributed by atoms with Crippen LogP contribution in [0.25, 0.3) is 11.3 Å². The molecule has 1 aliphatic heterocycles. The first-order chi connectivity index (χ1) is 10.3. The number of aromatic nitrogens is 1. The fourth-order valence-electron chi connectivity index (χ4n) is 2.33. The van der Waals surface area contributed by atoms with E-state index in [1.165, 1.54) is 0 Å². The van der Waals surface area contributed by atoms with Crippen molar-refractivity contribution in [3.05, 3.63) is 24.3 Å². The van der Waals surface area contributed by atoms with Crippen LogP contribution in [0.2, 0.25) is 0 Å². The minimum Gasteiger partial charge on any atom is -0.493 e. The predicted octanol–water partition coefficient (Wildman–Crippen LogP) is 2.49. The summed E-state index contributed by atoms with van der Waals surface area (Å²) < 4.78 is 21.7. The second-order valence-corrected chi connectivity index (χ2v) is 4.94. The van der Waals surface area contributed by atoms with Gasteiger partial charge < -0.3 is 24.5 Å². The maximum Gasteiger partial charge on any atom is 0.222 e. The van der Waals surface area contributed by atoms with Gasteiger partial charge >= 0.3 is 0 Å². The van der Waals surface area contributed by atoms with Crippen molar-refractivity contribution in [1.82, 2.24) is 5.16 Å². The number of nitrogens with zero attached hydrogens (tertiary/aromatic N) is 1. The highest BCUT2D eigenvalue weighted by molar-refractivity contribution is 5.65. The topological polar surface area (TPSA) is 79.7 Å². The summed E-state index contributed by atoms with van der Waals surface area (Å²) in [7, 11) is 1.61. The van der Waals surface area contributed by atoms with Crippen LogP contribution in [0.15, 0.2) is 28.8 Å². The third kappa shape index (κ3) is 3.11. The second kappa shape index (κ2) is 6.05. The van der Waals surface area contributed by atoms with Crippen LogP contribution < -0.4 is 15.2 Å². The molecule has 0 saturated carbocycles. The van der Waals surface area contributed by atoms with Gasteiger partial charge in [0.1, 0.15) is 11.8 Å². The van der Waals surface area contributed by atoms with Gasteiger partial charge in [-0.1, -0.05) is 5.16 Å². The number of methoxy groups -OCH3 is 1. The summed E-state index contributed by atoms with van der Waals surface area (Å²) in [5.74, 6) is 1.64. The summed E-state index contributed by atoms with van der Waals surface area (Å²) in [6.07, 6.45) is 2.08. The molecule has 3 rings (SSSR count). The van der Waals surface area contributed by atoms with Crippen molar-refractivity contribution in [1.29, 1.82) is 0 Å². The van der Waals surface area contributed by atoms with Gasteiger partial charge in [-0.15, -0.1) is 0 Å². The zero-order valence-electron chi connectivity index (χ0n) is 11.9. The Morgan fingerprint density at radius 3 is 2.86 bits per heavy atom. The van der Waals surface area contributed by atoms with Gasteiger partial charge in [0.2, 0.25) is 5.88 Å². The van der Waals surface area contributed by atoms with Crippen LogP contribution in [-0.2, 0) is 4.74 Å². The van der Waals surface area contributed by atoms with E-state index in [0.29, 0.717) is 23.8 Å². The maximum absolute atomic E-state index is 5.95. The standard InChI is InChI=1S/C15H18N2O4/c1-18-14-7-10(12-8-15(16)21-17-12)4-5-13(14)20-11-3-2-6-19-9-11/h4-5,7-8,11H,2-3,6,9,16H2,1H3. The van der Waals surface area contributed by atoms with Crippen LogP contribution >= 0.6 is 0 Å². The zero-order valence-corrected chi connectivity index (χ0v) is 11.9. The smallest absolute Gasteiger partial charge is 0.222 e. The lowest BCUT2D eigenvalue weighted by Gasteiger charge is -2.24. The molecule has 1 aromatic heterocycles. The molecule has 0 bridgehead atoms. The van der Waals surface area contributed by atoms with Gasteiger partial charge in [-0.3, -0.25) is 0 Å². The Labute approximate surface area is 122 Å². The first-order valence-corrected chi connectivity index (χ1v) is 6.91. The summed E-state index contributed by atoms with van der Waals surface area (Å²) in [4.78, 5) is 0. The molecule has 112 valence electrons. The van der Waals surface area contributed by atoms with E-state index in [-0.39, 0.29) is 12.0 Å².